The van der Waals surface area contributed by atoms with Crippen molar-refractivity contribution >= 4 is 21.4 Å². The Morgan fingerprint density at radius 3 is 2.48 bits per heavy atom. The summed E-state index contributed by atoms with van der Waals surface area (Å²) in [5.74, 6) is -0.467. The van der Waals surface area contributed by atoms with Crippen LogP contribution in [0.25, 0.3) is 16.9 Å². The average Bonchev–Trinajstić information content (AvgIpc) is 3.04. The maximum absolute atomic E-state index is 13.9. The van der Waals surface area contributed by atoms with Crippen molar-refractivity contribution in [2.45, 2.75) is 18.2 Å². The third kappa shape index (κ3) is 4.21. The molecule has 27 heavy (non-hydrogen) atoms. The van der Waals surface area contributed by atoms with Gasteiger partial charge in [-0.05, 0) is 43.2 Å². The molecule has 3 aromatic rings. The fraction of sp³-hybridized carbons (Fsp3) is 0.211. The summed E-state index contributed by atoms with van der Waals surface area (Å²) in [4.78, 5) is 0.179. The third-order valence-electron chi connectivity index (χ3n) is 4.16. The number of aryl methyl sites for hydroxylation is 1. The summed E-state index contributed by atoms with van der Waals surface area (Å²) in [6.45, 7) is 1.49. The molecule has 1 N–H and O–H groups in total. The van der Waals surface area contributed by atoms with Crippen LogP contribution < -0.4 is 0 Å². The maximum Gasteiger partial charge on any atom is 0.178 e. The molecule has 142 valence electrons. The zero-order chi connectivity index (χ0) is 19.6. The number of hydrogen-bond donors (Lipinski definition) is 1. The first-order chi connectivity index (χ1) is 12.8. The molecule has 0 atom stereocenters. The smallest absolute Gasteiger partial charge is 0.178 e. The Bertz CT molecular complexity index is 1060. The van der Waals surface area contributed by atoms with Crippen molar-refractivity contribution in [2.24, 2.45) is 0 Å². The van der Waals surface area contributed by atoms with Gasteiger partial charge in [0.05, 0.1) is 22.0 Å². The fourth-order valence-electron chi connectivity index (χ4n) is 2.67. The number of sulfone groups is 1. The van der Waals surface area contributed by atoms with Gasteiger partial charge in [0.1, 0.15) is 5.82 Å². The van der Waals surface area contributed by atoms with Crippen molar-refractivity contribution in [3.8, 4) is 16.9 Å². The van der Waals surface area contributed by atoms with Crippen molar-refractivity contribution in [2.75, 3.05) is 12.4 Å². The van der Waals surface area contributed by atoms with Gasteiger partial charge < -0.3 is 5.11 Å². The summed E-state index contributed by atoms with van der Waals surface area (Å²) >= 11 is 6.05. The van der Waals surface area contributed by atoms with Gasteiger partial charge in [0.2, 0.25) is 0 Å². The highest BCUT2D eigenvalue weighted by molar-refractivity contribution is 7.91. The van der Waals surface area contributed by atoms with Crippen LogP contribution in [0.3, 0.4) is 0 Å². The number of hydrogen-bond acceptors (Lipinski definition) is 4. The summed E-state index contributed by atoms with van der Waals surface area (Å²) in [6.07, 6.45) is 0.186. The molecule has 0 spiro atoms. The molecule has 0 unspecified atom stereocenters. The Hall–Kier alpha value is -2.22. The van der Waals surface area contributed by atoms with Crippen LogP contribution in [0, 0.1) is 12.7 Å². The van der Waals surface area contributed by atoms with Crippen LogP contribution >= 0.6 is 11.6 Å². The molecule has 0 aliphatic heterocycles. The lowest BCUT2D eigenvalue weighted by Crippen LogP contribution is -2.08. The van der Waals surface area contributed by atoms with Crippen LogP contribution in [0.5, 0.6) is 0 Å². The molecule has 0 aliphatic rings. The van der Waals surface area contributed by atoms with E-state index in [-0.39, 0.29) is 34.6 Å². The van der Waals surface area contributed by atoms with Gasteiger partial charge >= 0.3 is 0 Å². The molecule has 0 bridgehead atoms. The van der Waals surface area contributed by atoms with E-state index in [9.17, 15) is 12.8 Å². The number of rotatable bonds is 6. The lowest BCUT2D eigenvalue weighted by molar-refractivity contribution is 0.295. The second-order valence-electron chi connectivity index (χ2n) is 6.12. The molecule has 3 rings (SSSR count). The molecule has 5 nitrogen and oxygen atoms in total. The molecule has 0 fully saturated rings. The monoisotopic (exact) mass is 408 g/mol. The molecule has 1 aromatic heterocycles. The number of aliphatic hydroxyl groups excluding tert-OH is 1. The van der Waals surface area contributed by atoms with E-state index in [1.54, 1.807) is 37.3 Å². The summed E-state index contributed by atoms with van der Waals surface area (Å²) < 4.78 is 39.9. The molecule has 8 heteroatoms. The molecular formula is C19H18ClFN2O3S. The van der Waals surface area contributed by atoms with E-state index in [0.29, 0.717) is 22.5 Å². The second kappa shape index (κ2) is 7.80. The Morgan fingerprint density at radius 2 is 1.85 bits per heavy atom. The van der Waals surface area contributed by atoms with Crippen LogP contribution in [-0.4, -0.2) is 35.7 Å². The average molecular weight is 409 g/mol. The molecule has 0 saturated carbocycles. The molecule has 1 heterocycles. The highest BCUT2D eigenvalue weighted by Gasteiger charge is 2.16. The summed E-state index contributed by atoms with van der Waals surface area (Å²) in [5.41, 5.74) is 2.34. The van der Waals surface area contributed by atoms with Gasteiger partial charge in [0, 0.05) is 18.2 Å². The van der Waals surface area contributed by atoms with E-state index in [1.165, 1.54) is 22.9 Å². The zero-order valence-electron chi connectivity index (χ0n) is 14.6. The largest absolute Gasteiger partial charge is 0.396 e. The van der Waals surface area contributed by atoms with Crippen molar-refractivity contribution in [1.82, 2.24) is 9.78 Å². The van der Waals surface area contributed by atoms with Gasteiger partial charge in [-0.2, -0.15) is 5.10 Å². The standard InChI is InChI=1S/C19H18ClFN2O3S/c1-13-3-6-15(11-17(13)21)23-18(12-19(20)22-23)14-4-7-16(8-5-14)27(25,26)10-2-9-24/h3-8,11-12,24H,2,9-10H2,1H3. The van der Waals surface area contributed by atoms with Crippen LogP contribution in [0.15, 0.2) is 53.4 Å². The number of aromatic nitrogens is 2. The summed E-state index contributed by atoms with van der Waals surface area (Å²) in [7, 11) is -3.45. The van der Waals surface area contributed by atoms with Crippen molar-refractivity contribution in [3.05, 3.63) is 65.1 Å². The van der Waals surface area contributed by atoms with Crippen LogP contribution in [-0.2, 0) is 9.84 Å². The van der Waals surface area contributed by atoms with Crippen molar-refractivity contribution in [1.29, 1.82) is 0 Å². The number of nitrogens with zero attached hydrogens (tertiary/aromatic N) is 2. The minimum atomic E-state index is -3.45. The molecule has 2 aromatic carbocycles. The highest BCUT2D eigenvalue weighted by atomic mass is 35.5. The first kappa shape index (κ1) is 19.5. The molecule has 0 amide bonds. The molecule has 0 aliphatic carbocycles. The first-order valence-electron chi connectivity index (χ1n) is 8.28. The van der Waals surface area contributed by atoms with Crippen LogP contribution in [0.4, 0.5) is 4.39 Å². The van der Waals surface area contributed by atoms with Gasteiger partial charge in [-0.15, -0.1) is 0 Å². The molecular weight excluding hydrogens is 391 g/mol. The van der Waals surface area contributed by atoms with E-state index in [1.807, 2.05) is 0 Å². The Balaban J connectivity index is 1.99. The Morgan fingerprint density at radius 1 is 1.15 bits per heavy atom. The predicted octanol–water partition coefficient (Wildman–Crippen LogP) is 3.80. The number of benzene rings is 2. The molecule has 0 saturated heterocycles. The van der Waals surface area contributed by atoms with E-state index in [4.69, 9.17) is 16.7 Å². The van der Waals surface area contributed by atoms with Gasteiger partial charge in [-0.1, -0.05) is 29.8 Å². The summed E-state index contributed by atoms with van der Waals surface area (Å²) in [6, 6.07) is 12.7. The first-order valence-corrected chi connectivity index (χ1v) is 10.3. The second-order valence-corrected chi connectivity index (χ2v) is 8.61. The third-order valence-corrected chi connectivity index (χ3v) is 6.16. The van der Waals surface area contributed by atoms with Crippen molar-refractivity contribution in [3.63, 3.8) is 0 Å². The predicted molar refractivity (Wildman–Crippen MR) is 102 cm³/mol. The van der Waals surface area contributed by atoms with Gasteiger partial charge in [0.25, 0.3) is 0 Å². The van der Waals surface area contributed by atoms with E-state index >= 15 is 0 Å². The zero-order valence-corrected chi connectivity index (χ0v) is 16.1. The number of halogens is 2. The molecule has 0 radical (unpaired) electrons. The quantitative estimate of drug-likeness (QED) is 0.673. The Labute approximate surface area is 162 Å². The fourth-order valence-corrected chi connectivity index (χ4v) is 4.15. The van der Waals surface area contributed by atoms with Gasteiger partial charge in [0.15, 0.2) is 15.0 Å². The topological polar surface area (TPSA) is 72.2 Å². The van der Waals surface area contributed by atoms with E-state index < -0.39 is 9.84 Å². The van der Waals surface area contributed by atoms with Crippen LogP contribution in [0.2, 0.25) is 5.15 Å². The van der Waals surface area contributed by atoms with E-state index in [2.05, 4.69) is 5.10 Å². The lowest BCUT2D eigenvalue weighted by Gasteiger charge is -2.09. The van der Waals surface area contributed by atoms with Gasteiger partial charge in [-0.3, -0.25) is 0 Å². The highest BCUT2D eigenvalue weighted by Crippen LogP contribution is 2.28. The van der Waals surface area contributed by atoms with E-state index in [0.717, 1.165) is 0 Å². The van der Waals surface area contributed by atoms with Crippen molar-refractivity contribution < 1.29 is 17.9 Å². The maximum atomic E-state index is 13.9. The minimum absolute atomic E-state index is 0.116. The Kier molecular flexibility index (Phi) is 5.64. The lowest BCUT2D eigenvalue weighted by atomic mass is 10.1. The summed E-state index contributed by atoms with van der Waals surface area (Å²) in [5, 5.41) is 13.3. The normalized spacial score (nSPS) is 11.7. The van der Waals surface area contributed by atoms with Crippen LogP contribution in [0.1, 0.15) is 12.0 Å². The SMILES string of the molecule is Cc1ccc(-n2nc(Cl)cc2-c2ccc(S(=O)(=O)CCCO)cc2)cc1F. The number of aliphatic hydroxyl groups is 1. The minimum Gasteiger partial charge on any atom is -0.396 e. The van der Waals surface area contributed by atoms with Gasteiger partial charge in [-0.25, -0.2) is 17.5 Å².